The number of piperidine rings is 1. The van der Waals surface area contributed by atoms with Crippen LogP contribution in [-0.2, 0) is 11.2 Å². The third-order valence-electron chi connectivity index (χ3n) is 4.24. The van der Waals surface area contributed by atoms with Crippen molar-refractivity contribution in [3.05, 3.63) is 52.1 Å². The zero-order valence-corrected chi connectivity index (χ0v) is 13.2. The van der Waals surface area contributed by atoms with Gasteiger partial charge in [0, 0.05) is 37.9 Å². The summed E-state index contributed by atoms with van der Waals surface area (Å²) >= 11 is 0. The number of nitrogens with zero attached hydrogens (tertiary/aromatic N) is 2. The molecule has 2 aromatic heterocycles. The summed E-state index contributed by atoms with van der Waals surface area (Å²) in [4.78, 5) is 33.0. The topological polar surface area (TPSA) is 79.2 Å². The number of carbonyl (C=O) groups excluding carboxylic acids is 1. The van der Waals surface area contributed by atoms with Crippen LogP contribution in [0.5, 0.6) is 0 Å². The summed E-state index contributed by atoms with van der Waals surface area (Å²) in [6.45, 7) is 3.18. The van der Waals surface area contributed by atoms with E-state index in [1.54, 1.807) is 19.3 Å². The van der Waals surface area contributed by atoms with E-state index in [4.69, 9.17) is 4.42 Å². The Morgan fingerprint density at radius 3 is 3.13 bits per heavy atom. The van der Waals surface area contributed by atoms with Crippen molar-refractivity contribution in [2.24, 2.45) is 0 Å². The zero-order chi connectivity index (χ0) is 16.2. The Morgan fingerprint density at radius 2 is 2.39 bits per heavy atom. The van der Waals surface area contributed by atoms with Gasteiger partial charge in [-0.3, -0.25) is 9.59 Å². The minimum atomic E-state index is -0.131. The number of furan rings is 1. The quantitative estimate of drug-likeness (QED) is 0.936. The minimum absolute atomic E-state index is 0.131. The SMILES string of the molecule is Cc1nc([C@H]2CCCN(C(=O)CCc3ccco3)C2)cc(=O)[nH]1. The minimum Gasteiger partial charge on any atom is -0.469 e. The maximum atomic E-state index is 12.4. The first kappa shape index (κ1) is 15.5. The molecule has 1 aliphatic heterocycles. The number of aromatic nitrogens is 2. The molecule has 0 unspecified atom stereocenters. The Morgan fingerprint density at radius 1 is 1.52 bits per heavy atom. The Kier molecular flexibility index (Phi) is 4.60. The highest BCUT2D eigenvalue weighted by Crippen LogP contribution is 2.25. The fraction of sp³-hybridized carbons (Fsp3) is 0.471. The molecule has 3 heterocycles. The van der Waals surface area contributed by atoms with E-state index in [0.29, 0.717) is 25.2 Å². The standard InChI is InChI=1S/C17H21N3O3/c1-12-18-15(10-16(21)19-12)13-4-2-8-20(11-13)17(22)7-6-14-5-3-9-23-14/h3,5,9-10,13H,2,4,6-8,11H2,1H3,(H,18,19,21)/t13-/m0/s1. The Bertz CT molecular complexity index is 721. The molecule has 0 aliphatic carbocycles. The predicted molar refractivity (Wildman–Crippen MR) is 85.2 cm³/mol. The Labute approximate surface area is 134 Å². The summed E-state index contributed by atoms with van der Waals surface area (Å²) < 4.78 is 5.27. The van der Waals surface area contributed by atoms with Crippen LogP contribution >= 0.6 is 0 Å². The molecule has 6 nitrogen and oxygen atoms in total. The van der Waals surface area contributed by atoms with E-state index in [0.717, 1.165) is 30.8 Å². The molecule has 1 aliphatic rings. The highest BCUT2D eigenvalue weighted by molar-refractivity contribution is 5.76. The van der Waals surface area contributed by atoms with Gasteiger partial charge in [0.1, 0.15) is 11.6 Å². The van der Waals surface area contributed by atoms with Crippen LogP contribution in [0.2, 0.25) is 0 Å². The highest BCUT2D eigenvalue weighted by Gasteiger charge is 2.25. The monoisotopic (exact) mass is 315 g/mol. The number of H-pyrrole nitrogens is 1. The van der Waals surface area contributed by atoms with Crippen LogP contribution in [0, 0.1) is 6.92 Å². The summed E-state index contributed by atoms with van der Waals surface area (Å²) in [5, 5.41) is 0. The van der Waals surface area contributed by atoms with Gasteiger partial charge in [0.05, 0.1) is 12.0 Å². The second-order valence-corrected chi connectivity index (χ2v) is 6.01. The maximum absolute atomic E-state index is 12.4. The number of rotatable bonds is 4. The molecular formula is C17H21N3O3. The van der Waals surface area contributed by atoms with Crippen molar-refractivity contribution in [3.63, 3.8) is 0 Å². The second-order valence-electron chi connectivity index (χ2n) is 6.01. The maximum Gasteiger partial charge on any atom is 0.251 e. The van der Waals surface area contributed by atoms with Gasteiger partial charge in [-0.1, -0.05) is 0 Å². The lowest BCUT2D eigenvalue weighted by molar-refractivity contribution is -0.132. The van der Waals surface area contributed by atoms with Crippen LogP contribution in [-0.4, -0.2) is 33.9 Å². The van der Waals surface area contributed by atoms with E-state index >= 15 is 0 Å². The molecule has 1 fully saturated rings. The smallest absolute Gasteiger partial charge is 0.251 e. The zero-order valence-electron chi connectivity index (χ0n) is 13.2. The molecule has 1 N–H and O–H groups in total. The lowest BCUT2D eigenvalue weighted by Gasteiger charge is -2.32. The van der Waals surface area contributed by atoms with Gasteiger partial charge in [-0.15, -0.1) is 0 Å². The molecule has 1 saturated heterocycles. The van der Waals surface area contributed by atoms with Crippen molar-refractivity contribution >= 4 is 5.91 Å². The molecule has 6 heteroatoms. The van der Waals surface area contributed by atoms with E-state index in [1.807, 2.05) is 17.0 Å². The summed E-state index contributed by atoms with van der Waals surface area (Å²) in [5.41, 5.74) is 0.656. The first-order valence-electron chi connectivity index (χ1n) is 8.00. The van der Waals surface area contributed by atoms with Gasteiger partial charge in [0.2, 0.25) is 5.91 Å². The van der Waals surface area contributed by atoms with Crippen molar-refractivity contribution in [2.75, 3.05) is 13.1 Å². The molecule has 3 rings (SSSR count). The third-order valence-corrected chi connectivity index (χ3v) is 4.24. The Hall–Kier alpha value is -2.37. The third kappa shape index (κ3) is 3.88. The van der Waals surface area contributed by atoms with E-state index in [9.17, 15) is 9.59 Å². The van der Waals surface area contributed by atoms with Gasteiger partial charge in [-0.05, 0) is 31.9 Å². The van der Waals surface area contributed by atoms with Gasteiger partial charge in [-0.25, -0.2) is 4.98 Å². The molecule has 0 spiro atoms. The van der Waals surface area contributed by atoms with Crippen molar-refractivity contribution in [1.82, 2.24) is 14.9 Å². The summed E-state index contributed by atoms with van der Waals surface area (Å²) in [6, 6.07) is 5.27. The second kappa shape index (κ2) is 6.81. The van der Waals surface area contributed by atoms with Crippen LogP contribution in [0.3, 0.4) is 0 Å². The van der Waals surface area contributed by atoms with Crippen molar-refractivity contribution in [2.45, 2.75) is 38.5 Å². The van der Waals surface area contributed by atoms with E-state index < -0.39 is 0 Å². The molecule has 1 amide bonds. The van der Waals surface area contributed by atoms with E-state index in [2.05, 4.69) is 9.97 Å². The normalized spacial score (nSPS) is 18.1. The van der Waals surface area contributed by atoms with E-state index in [-0.39, 0.29) is 17.4 Å². The first-order chi connectivity index (χ1) is 11.1. The number of carbonyl (C=O) groups is 1. The number of likely N-dealkylation sites (tertiary alicyclic amines) is 1. The van der Waals surface area contributed by atoms with E-state index in [1.165, 1.54) is 0 Å². The highest BCUT2D eigenvalue weighted by atomic mass is 16.3. The molecular weight excluding hydrogens is 294 g/mol. The number of hydrogen-bond acceptors (Lipinski definition) is 4. The lowest BCUT2D eigenvalue weighted by Crippen LogP contribution is -2.39. The van der Waals surface area contributed by atoms with Gasteiger partial charge in [0.25, 0.3) is 5.56 Å². The number of aromatic amines is 1. The van der Waals surface area contributed by atoms with Crippen LogP contribution in [0.4, 0.5) is 0 Å². The average molecular weight is 315 g/mol. The van der Waals surface area contributed by atoms with Gasteiger partial charge < -0.3 is 14.3 Å². The number of aryl methyl sites for hydroxylation is 2. The van der Waals surface area contributed by atoms with Crippen molar-refractivity contribution in [1.29, 1.82) is 0 Å². The van der Waals surface area contributed by atoms with Crippen LogP contribution in [0.1, 0.15) is 42.5 Å². The molecule has 23 heavy (non-hydrogen) atoms. The summed E-state index contributed by atoms with van der Waals surface area (Å²) in [5.74, 6) is 1.72. The fourth-order valence-corrected chi connectivity index (χ4v) is 3.10. The molecule has 0 bridgehead atoms. The van der Waals surface area contributed by atoms with Crippen LogP contribution in [0.25, 0.3) is 0 Å². The summed E-state index contributed by atoms with van der Waals surface area (Å²) in [7, 11) is 0. The van der Waals surface area contributed by atoms with Crippen LogP contribution in [0.15, 0.2) is 33.7 Å². The average Bonchev–Trinajstić information content (AvgIpc) is 3.05. The fourth-order valence-electron chi connectivity index (χ4n) is 3.10. The number of amides is 1. The van der Waals surface area contributed by atoms with Crippen molar-refractivity contribution < 1.29 is 9.21 Å². The molecule has 0 radical (unpaired) electrons. The molecule has 0 saturated carbocycles. The predicted octanol–water partition coefficient (Wildman–Crippen LogP) is 2.01. The number of nitrogens with one attached hydrogen (secondary N) is 1. The van der Waals surface area contributed by atoms with Gasteiger partial charge >= 0.3 is 0 Å². The lowest BCUT2D eigenvalue weighted by atomic mass is 9.94. The molecule has 122 valence electrons. The Balaban J connectivity index is 1.63. The summed E-state index contributed by atoms with van der Waals surface area (Å²) in [6.07, 6.45) is 4.58. The molecule has 0 aromatic carbocycles. The molecule has 2 aromatic rings. The van der Waals surface area contributed by atoms with Crippen LogP contribution < -0.4 is 5.56 Å². The largest absolute Gasteiger partial charge is 0.469 e. The molecule has 1 atom stereocenters. The first-order valence-corrected chi connectivity index (χ1v) is 8.00. The van der Waals surface area contributed by atoms with Crippen molar-refractivity contribution in [3.8, 4) is 0 Å². The number of hydrogen-bond donors (Lipinski definition) is 1. The van der Waals surface area contributed by atoms with Gasteiger partial charge in [-0.2, -0.15) is 0 Å². The van der Waals surface area contributed by atoms with Gasteiger partial charge in [0.15, 0.2) is 0 Å².